The van der Waals surface area contributed by atoms with Crippen molar-refractivity contribution in [1.29, 1.82) is 0 Å². The van der Waals surface area contributed by atoms with Gasteiger partial charge in [0, 0.05) is 18.1 Å². The molecule has 0 atom stereocenters. The zero-order chi connectivity index (χ0) is 18.7. The number of pyridine rings is 1. The molecule has 2 aromatic heterocycles. The van der Waals surface area contributed by atoms with E-state index in [2.05, 4.69) is 9.97 Å². The lowest BCUT2D eigenvalue weighted by Crippen LogP contribution is -2.21. The molecule has 0 amide bonds. The molecule has 0 N–H and O–H groups in total. The number of unbranched alkanes of at least 4 members (excludes halogenated alkanes) is 2. The van der Waals surface area contributed by atoms with Gasteiger partial charge in [0.1, 0.15) is 11.6 Å². The van der Waals surface area contributed by atoms with Crippen molar-refractivity contribution in [3.05, 3.63) is 52.7 Å². The van der Waals surface area contributed by atoms with Crippen LogP contribution in [0.3, 0.4) is 0 Å². The number of aryl methyl sites for hydroxylation is 1. The van der Waals surface area contributed by atoms with Crippen LogP contribution in [0, 0.1) is 11.6 Å². The molecule has 0 aliphatic rings. The fourth-order valence-electron chi connectivity index (χ4n) is 2.80. The number of halogens is 2. The molecule has 0 aliphatic heterocycles. The quantitative estimate of drug-likeness (QED) is 0.626. The molecule has 0 bridgehead atoms. The van der Waals surface area contributed by atoms with Gasteiger partial charge >= 0.3 is 0 Å². The predicted molar refractivity (Wildman–Crippen MR) is 95.2 cm³/mol. The first-order valence-corrected chi connectivity index (χ1v) is 8.43. The molecule has 0 aliphatic carbocycles. The van der Waals surface area contributed by atoms with E-state index >= 15 is 0 Å². The topological polar surface area (TPSA) is 57.0 Å². The Morgan fingerprint density at radius 1 is 1.08 bits per heavy atom. The van der Waals surface area contributed by atoms with Crippen molar-refractivity contribution in [2.24, 2.45) is 0 Å². The van der Waals surface area contributed by atoms with Gasteiger partial charge in [-0.3, -0.25) is 4.79 Å². The first-order chi connectivity index (χ1) is 12.5. The van der Waals surface area contributed by atoms with Gasteiger partial charge in [0.25, 0.3) is 5.56 Å². The van der Waals surface area contributed by atoms with Crippen molar-refractivity contribution in [3.8, 4) is 17.1 Å². The number of benzene rings is 1. The van der Waals surface area contributed by atoms with Gasteiger partial charge in [-0.1, -0.05) is 19.8 Å². The lowest BCUT2D eigenvalue weighted by Gasteiger charge is -2.10. The maximum absolute atomic E-state index is 14.6. The van der Waals surface area contributed by atoms with Crippen LogP contribution in [-0.2, 0) is 6.54 Å². The van der Waals surface area contributed by atoms with Crippen molar-refractivity contribution in [2.75, 3.05) is 7.11 Å². The Bertz CT molecular complexity index is 985. The lowest BCUT2D eigenvalue weighted by atomic mass is 10.1. The van der Waals surface area contributed by atoms with Gasteiger partial charge in [-0.05, 0) is 18.6 Å². The summed E-state index contributed by atoms with van der Waals surface area (Å²) >= 11 is 0. The summed E-state index contributed by atoms with van der Waals surface area (Å²) in [6, 6.07) is 2.33. The van der Waals surface area contributed by atoms with E-state index in [0.29, 0.717) is 12.3 Å². The molecule has 3 aromatic rings. The standard InChI is InChI=1S/C19H19F2N3O2/c1-3-4-5-6-24-11-17(21)13-7-15(16(20)8-14(13)19(24)25)18-22-9-12(26-2)10-23-18/h7-11H,3-6H2,1-2H3. The molecule has 0 spiro atoms. The second kappa shape index (κ2) is 7.59. The Balaban J connectivity index is 2.09. The normalized spacial score (nSPS) is 11.1. The Labute approximate surface area is 149 Å². The second-order valence-electron chi connectivity index (χ2n) is 6.01. The molecule has 2 heterocycles. The monoisotopic (exact) mass is 359 g/mol. The van der Waals surface area contributed by atoms with E-state index in [1.54, 1.807) is 0 Å². The van der Waals surface area contributed by atoms with Crippen LogP contribution in [0.5, 0.6) is 5.75 Å². The molecule has 3 rings (SSSR count). The maximum Gasteiger partial charge on any atom is 0.258 e. The smallest absolute Gasteiger partial charge is 0.258 e. The molecule has 0 saturated carbocycles. The average molecular weight is 359 g/mol. The highest BCUT2D eigenvalue weighted by Crippen LogP contribution is 2.26. The van der Waals surface area contributed by atoms with E-state index in [9.17, 15) is 13.6 Å². The highest BCUT2D eigenvalue weighted by Gasteiger charge is 2.16. The third-order valence-electron chi connectivity index (χ3n) is 4.23. The van der Waals surface area contributed by atoms with Crippen LogP contribution in [0.1, 0.15) is 26.2 Å². The summed E-state index contributed by atoms with van der Waals surface area (Å²) in [5.74, 6) is -0.732. The molecule has 0 radical (unpaired) electrons. The van der Waals surface area contributed by atoms with Crippen LogP contribution in [0.2, 0.25) is 0 Å². The summed E-state index contributed by atoms with van der Waals surface area (Å²) in [5, 5.41) is 0.0637. The van der Waals surface area contributed by atoms with E-state index in [4.69, 9.17) is 4.74 Å². The molecule has 0 unspecified atom stereocenters. The second-order valence-corrected chi connectivity index (χ2v) is 6.01. The van der Waals surface area contributed by atoms with Gasteiger partial charge < -0.3 is 9.30 Å². The van der Waals surface area contributed by atoms with Gasteiger partial charge in [0.2, 0.25) is 0 Å². The number of fused-ring (bicyclic) bond motifs is 1. The minimum atomic E-state index is -0.675. The Kier molecular flexibility index (Phi) is 5.25. The van der Waals surface area contributed by atoms with Gasteiger partial charge in [-0.25, -0.2) is 18.7 Å². The summed E-state index contributed by atoms with van der Waals surface area (Å²) in [4.78, 5) is 20.6. The Hall–Kier alpha value is -2.83. The Morgan fingerprint density at radius 2 is 1.81 bits per heavy atom. The third kappa shape index (κ3) is 3.42. The van der Waals surface area contributed by atoms with E-state index in [1.165, 1.54) is 36.3 Å². The first kappa shape index (κ1) is 18.0. The summed E-state index contributed by atoms with van der Waals surface area (Å²) in [6.07, 6.45) is 6.67. The van der Waals surface area contributed by atoms with E-state index in [0.717, 1.165) is 25.3 Å². The average Bonchev–Trinajstić information content (AvgIpc) is 2.65. The first-order valence-electron chi connectivity index (χ1n) is 8.43. The van der Waals surface area contributed by atoms with Crippen LogP contribution in [0.25, 0.3) is 22.2 Å². The number of rotatable bonds is 6. The molecule has 7 heteroatoms. The number of methoxy groups -OCH3 is 1. The van der Waals surface area contributed by atoms with E-state index in [1.807, 2.05) is 6.92 Å². The summed E-state index contributed by atoms with van der Waals surface area (Å²) in [5.41, 5.74) is -0.374. The zero-order valence-corrected chi connectivity index (χ0v) is 14.6. The van der Waals surface area contributed by atoms with Crippen molar-refractivity contribution in [3.63, 3.8) is 0 Å². The molecule has 26 heavy (non-hydrogen) atoms. The van der Waals surface area contributed by atoms with Crippen molar-refractivity contribution >= 4 is 10.8 Å². The van der Waals surface area contributed by atoms with Crippen molar-refractivity contribution in [1.82, 2.24) is 14.5 Å². The fraction of sp³-hybridized carbons (Fsp3) is 0.316. The summed E-state index contributed by atoms with van der Waals surface area (Å²) in [6.45, 7) is 2.45. The van der Waals surface area contributed by atoms with Crippen LogP contribution < -0.4 is 10.3 Å². The van der Waals surface area contributed by atoms with Crippen LogP contribution in [-0.4, -0.2) is 21.6 Å². The van der Waals surface area contributed by atoms with Crippen LogP contribution in [0.4, 0.5) is 8.78 Å². The minimum absolute atomic E-state index is 0.0104. The van der Waals surface area contributed by atoms with Gasteiger partial charge in [0.05, 0.1) is 30.5 Å². The number of aromatic nitrogens is 3. The highest BCUT2D eigenvalue weighted by atomic mass is 19.1. The molecule has 5 nitrogen and oxygen atoms in total. The number of ether oxygens (including phenoxy) is 1. The zero-order valence-electron chi connectivity index (χ0n) is 14.6. The minimum Gasteiger partial charge on any atom is -0.494 e. The van der Waals surface area contributed by atoms with E-state index < -0.39 is 17.2 Å². The fourth-order valence-corrected chi connectivity index (χ4v) is 2.80. The molecular weight excluding hydrogens is 340 g/mol. The van der Waals surface area contributed by atoms with Gasteiger partial charge in [-0.2, -0.15) is 0 Å². The van der Waals surface area contributed by atoms with E-state index in [-0.39, 0.29) is 22.2 Å². The van der Waals surface area contributed by atoms with Gasteiger partial charge in [-0.15, -0.1) is 0 Å². The molecule has 136 valence electrons. The maximum atomic E-state index is 14.6. The highest BCUT2D eigenvalue weighted by molar-refractivity contribution is 5.86. The van der Waals surface area contributed by atoms with Crippen LogP contribution >= 0.6 is 0 Å². The molecular formula is C19H19F2N3O2. The predicted octanol–water partition coefficient (Wildman–Crippen LogP) is 3.94. The van der Waals surface area contributed by atoms with Crippen molar-refractivity contribution in [2.45, 2.75) is 32.7 Å². The molecule has 0 fully saturated rings. The lowest BCUT2D eigenvalue weighted by molar-refractivity contribution is 0.411. The Morgan fingerprint density at radius 3 is 2.46 bits per heavy atom. The number of hydrogen-bond acceptors (Lipinski definition) is 4. The van der Waals surface area contributed by atoms with Crippen LogP contribution in [0.15, 0.2) is 35.5 Å². The number of hydrogen-bond donors (Lipinski definition) is 0. The van der Waals surface area contributed by atoms with Crippen molar-refractivity contribution < 1.29 is 13.5 Å². The molecule has 1 aromatic carbocycles. The third-order valence-corrected chi connectivity index (χ3v) is 4.23. The van der Waals surface area contributed by atoms with Gasteiger partial charge in [0.15, 0.2) is 11.6 Å². The summed E-state index contributed by atoms with van der Waals surface area (Å²) < 4.78 is 35.4. The largest absolute Gasteiger partial charge is 0.494 e. The molecule has 0 saturated heterocycles. The summed E-state index contributed by atoms with van der Waals surface area (Å²) in [7, 11) is 1.47. The SMILES string of the molecule is CCCCCn1cc(F)c2cc(-c3ncc(OC)cn3)c(F)cc2c1=O. The number of nitrogens with zero attached hydrogens (tertiary/aromatic N) is 3.